The smallest absolute Gasteiger partial charge is 0.301 e. The zero-order valence-electron chi connectivity index (χ0n) is 9.33. The second kappa shape index (κ2) is 4.92. The number of hydrogen-bond acceptors (Lipinski definition) is 3. The van der Waals surface area contributed by atoms with Gasteiger partial charge in [0.1, 0.15) is 6.54 Å². The first-order valence-corrected chi connectivity index (χ1v) is 6.13. The third-order valence-corrected chi connectivity index (χ3v) is 2.41. The zero-order chi connectivity index (χ0) is 12.2. The van der Waals surface area contributed by atoms with Gasteiger partial charge in [-0.3, -0.25) is 4.55 Å². The first-order valence-electron chi connectivity index (χ1n) is 4.76. The number of benzene rings is 1. The maximum absolute atomic E-state index is 10.5. The summed E-state index contributed by atoms with van der Waals surface area (Å²) in [7, 11) is -0.730. The molecule has 0 aromatic heterocycles. The van der Waals surface area contributed by atoms with E-state index >= 15 is 0 Å². The normalized spacial score (nSPS) is 12.7. The van der Waals surface area contributed by atoms with Crippen molar-refractivity contribution in [2.45, 2.75) is 6.54 Å². The van der Waals surface area contributed by atoms with Gasteiger partial charge in [-0.15, -0.1) is 0 Å². The fraction of sp³-hybridized carbons (Fsp3) is 0.400. The highest BCUT2D eigenvalue weighted by atomic mass is 32.3. The van der Waals surface area contributed by atoms with Gasteiger partial charge in [0, 0.05) is 5.56 Å². The van der Waals surface area contributed by atoms with Crippen molar-refractivity contribution in [3.63, 3.8) is 0 Å². The highest BCUT2D eigenvalue weighted by Gasteiger charge is 2.19. The van der Waals surface area contributed by atoms with Gasteiger partial charge in [0.15, 0.2) is 0 Å². The summed E-state index contributed by atoms with van der Waals surface area (Å²) in [5.74, 6) is 0. The lowest BCUT2D eigenvalue weighted by molar-refractivity contribution is -0.918. The molecule has 1 N–H and O–H groups in total. The average Bonchev–Trinajstić information content (AvgIpc) is 2.15. The maximum atomic E-state index is 10.5. The lowest BCUT2D eigenvalue weighted by Gasteiger charge is -2.28. The van der Waals surface area contributed by atoms with E-state index in [1.807, 2.05) is 44.4 Å². The van der Waals surface area contributed by atoms with E-state index in [4.69, 9.17) is 4.55 Å². The molecule has 0 heterocycles. The molecule has 0 saturated heterocycles. The molecule has 1 rings (SSSR count). The van der Waals surface area contributed by atoms with E-state index in [0.717, 1.165) is 5.56 Å². The Labute approximate surface area is 95.8 Å². The molecule has 5 nitrogen and oxygen atoms in total. The predicted octanol–water partition coefficient (Wildman–Crippen LogP) is 1.04. The van der Waals surface area contributed by atoms with Crippen LogP contribution in [-0.2, 0) is 21.1 Å². The van der Waals surface area contributed by atoms with Gasteiger partial charge in [0.05, 0.1) is 14.1 Å². The topological polar surface area (TPSA) is 63.6 Å². The van der Waals surface area contributed by atoms with Gasteiger partial charge < -0.3 is 4.48 Å². The number of quaternary nitrogens is 1. The van der Waals surface area contributed by atoms with Gasteiger partial charge in [0.25, 0.3) is 0 Å². The van der Waals surface area contributed by atoms with Crippen LogP contribution in [0.25, 0.3) is 0 Å². The Hall–Kier alpha value is -0.950. The van der Waals surface area contributed by atoms with E-state index in [2.05, 4.69) is 4.18 Å². The highest BCUT2D eigenvalue weighted by Crippen LogP contribution is 2.09. The van der Waals surface area contributed by atoms with E-state index in [0.29, 0.717) is 11.0 Å². The van der Waals surface area contributed by atoms with Crippen LogP contribution in [0.5, 0.6) is 0 Å². The largest absolute Gasteiger partial charge is 0.401 e. The average molecular weight is 246 g/mol. The van der Waals surface area contributed by atoms with Crippen LogP contribution in [0.3, 0.4) is 0 Å². The highest BCUT2D eigenvalue weighted by molar-refractivity contribution is 7.80. The van der Waals surface area contributed by atoms with Gasteiger partial charge in [-0.25, -0.2) is 0 Å². The second-order valence-electron chi connectivity index (χ2n) is 4.25. The van der Waals surface area contributed by atoms with Crippen molar-refractivity contribution in [1.82, 2.24) is 0 Å². The Kier molecular flexibility index (Phi) is 4.03. The molecule has 0 bridgehead atoms. The summed E-state index contributed by atoms with van der Waals surface area (Å²) in [4.78, 5) is 0. The molecule has 0 spiro atoms. The van der Waals surface area contributed by atoms with Gasteiger partial charge in [-0.2, -0.15) is 12.6 Å². The Bertz CT molecular complexity index is 427. The van der Waals surface area contributed by atoms with Crippen LogP contribution < -0.4 is 0 Å². The van der Waals surface area contributed by atoms with Gasteiger partial charge >= 0.3 is 10.4 Å². The summed E-state index contributed by atoms with van der Waals surface area (Å²) in [6.07, 6.45) is 0. The van der Waals surface area contributed by atoms with Crippen LogP contribution >= 0.6 is 0 Å². The summed E-state index contributed by atoms with van der Waals surface area (Å²) >= 11 is 0. The fourth-order valence-corrected chi connectivity index (χ4v) is 1.75. The third kappa shape index (κ3) is 5.22. The number of nitrogens with zero attached hydrogens (tertiary/aromatic N) is 1. The van der Waals surface area contributed by atoms with Crippen LogP contribution in [0.4, 0.5) is 0 Å². The lowest BCUT2D eigenvalue weighted by atomic mass is 10.2. The van der Waals surface area contributed by atoms with Crippen LogP contribution in [-0.4, -0.2) is 38.3 Å². The molecule has 90 valence electrons. The van der Waals surface area contributed by atoms with Crippen molar-refractivity contribution in [3.8, 4) is 0 Å². The molecule has 0 aliphatic rings. The Morgan fingerprint density at radius 2 is 1.81 bits per heavy atom. The molecule has 0 fully saturated rings. The van der Waals surface area contributed by atoms with Crippen LogP contribution in [0, 0.1) is 0 Å². The summed E-state index contributed by atoms with van der Waals surface area (Å²) in [6.45, 7) is 0.518. The van der Waals surface area contributed by atoms with Gasteiger partial charge in [0.2, 0.25) is 6.73 Å². The molecule has 0 unspecified atom stereocenters. The minimum absolute atomic E-state index is 0.103. The lowest BCUT2D eigenvalue weighted by Crippen LogP contribution is -2.41. The maximum Gasteiger partial charge on any atom is 0.401 e. The monoisotopic (exact) mass is 246 g/mol. The Balaban J connectivity index is 2.59. The van der Waals surface area contributed by atoms with Crippen molar-refractivity contribution in [3.05, 3.63) is 35.9 Å². The minimum Gasteiger partial charge on any atom is -0.301 e. The molecule has 0 aliphatic carbocycles. The van der Waals surface area contributed by atoms with Crippen molar-refractivity contribution < 1.29 is 21.6 Å². The van der Waals surface area contributed by atoms with E-state index in [9.17, 15) is 8.42 Å². The van der Waals surface area contributed by atoms with Gasteiger partial charge in [-0.05, 0) is 0 Å². The molecular formula is C10H16NO4S+. The first-order chi connectivity index (χ1) is 7.29. The standard InChI is InChI=1S/C10H15NO4S/c1-11(2,9-15-16(12,13)14)8-10-6-4-3-5-7-10/h3-7H,8-9H2,1-2H3/p+1. The molecule has 16 heavy (non-hydrogen) atoms. The molecule has 0 amide bonds. The third-order valence-electron chi connectivity index (χ3n) is 2.00. The predicted molar refractivity (Wildman–Crippen MR) is 59.8 cm³/mol. The number of hydrogen-bond donors (Lipinski definition) is 1. The fourth-order valence-electron chi connectivity index (χ4n) is 1.33. The van der Waals surface area contributed by atoms with Gasteiger partial charge in [-0.1, -0.05) is 30.3 Å². The van der Waals surface area contributed by atoms with E-state index in [1.165, 1.54) is 0 Å². The van der Waals surface area contributed by atoms with Crippen LogP contribution in [0.1, 0.15) is 5.56 Å². The van der Waals surface area contributed by atoms with Crippen molar-refractivity contribution in [2.24, 2.45) is 0 Å². The summed E-state index contributed by atoms with van der Waals surface area (Å²) in [5, 5.41) is 0. The molecule has 1 aromatic rings. The van der Waals surface area contributed by atoms with E-state index in [-0.39, 0.29) is 6.73 Å². The second-order valence-corrected chi connectivity index (χ2v) is 5.35. The summed E-state index contributed by atoms with van der Waals surface area (Å²) in [6, 6.07) is 9.65. The summed E-state index contributed by atoms with van der Waals surface area (Å²) < 4.78 is 34.1. The van der Waals surface area contributed by atoms with Crippen molar-refractivity contribution in [2.75, 3.05) is 20.8 Å². The van der Waals surface area contributed by atoms with E-state index in [1.54, 1.807) is 0 Å². The van der Waals surface area contributed by atoms with Crippen LogP contribution in [0.2, 0.25) is 0 Å². The van der Waals surface area contributed by atoms with Crippen molar-refractivity contribution >= 4 is 10.4 Å². The van der Waals surface area contributed by atoms with Crippen LogP contribution in [0.15, 0.2) is 30.3 Å². The van der Waals surface area contributed by atoms with E-state index < -0.39 is 10.4 Å². The molecule has 0 aliphatic heterocycles. The minimum atomic E-state index is -4.37. The van der Waals surface area contributed by atoms with Crippen molar-refractivity contribution in [1.29, 1.82) is 0 Å². The summed E-state index contributed by atoms with van der Waals surface area (Å²) in [5.41, 5.74) is 1.08. The quantitative estimate of drug-likeness (QED) is 0.479. The Morgan fingerprint density at radius 1 is 1.25 bits per heavy atom. The molecule has 0 radical (unpaired) electrons. The zero-order valence-corrected chi connectivity index (χ0v) is 10.1. The molecule has 1 aromatic carbocycles. The first kappa shape index (κ1) is 13.1. The molecule has 6 heteroatoms. The molecule has 0 atom stereocenters. The number of rotatable bonds is 5. The SMILES string of the molecule is C[N+](C)(COS(=O)(=O)O)Cc1ccccc1. The molecular weight excluding hydrogens is 230 g/mol. The Morgan fingerprint density at radius 3 is 2.31 bits per heavy atom. The molecule has 0 saturated carbocycles.